The highest BCUT2D eigenvalue weighted by molar-refractivity contribution is 5.70. The molecule has 0 unspecified atom stereocenters. The number of nitrogens with zero attached hydrogens (tertiary/aromatic N) is 1. The number of carbonyl (C=O) groups excluding carboxylic acids is 1. The van der Waals surface area contributed by atoms with Crippen molar-refractivity contribution in [3.05, 3.63) is 0 Å². The van der Waals surface area contributed by atoms with Crippen LogP contribution in [0.15, 0.2) is 0 Å². The minimum absolute atomic E-state index is 0.0163. The lowest BCUT2D eigenvalue weighted by molar-refractivity contribution is -0.233. The molecule has 1 N–H and O–H groups in total. The van der Waals surface area contributed by atoms with Gasteiger partial charge in [-0.05, 0) is 43.9 Å². The zero-order valence-corrected chi connectivity index (χ0v) is 11.8. The number of piperidine rings is 1. The summed E-state index contributed by atoms with van der Waals surface area (Å²) in [5.74, 6) is -0.937. The molecule has 0 spiro atoms. The van der Waals surface area contributed by atoms with Crippen molar-refractivity contribution in [1.82, 2.24) is 4.90 Å². The van der Waals surface area contributed by atoms with Crippen molar-refractivity contribution in [2.75, 3.05) is 6.61 Å². The van der Waals surface area contributed by atoms with Crippen LogP contribution >= 0.6 is 0 Å². The molecule has 2 heterocycles. The third kappa shape index (κ3) is 2.39. The molecule has 0 aromatic rings. The quantitative estimate of drug-likeness (QED) is 0.810. The van der Waals surface area contributed by atoms with E-state index < -0.39 is 18.2 Å². The molecule has 2 aliphatic heterocycles. The molecule has 1 amide bonds. The molecule has 0 bridgehead atoms. The van der Waals surface area contributed by atoms with Crippen LogP contribution in [0.4, 0.5) is 18.0 Å². The molecule has 1 aliphatic carbocycles. The molecule has 21 heavy (non-hydrogen) atoms. The van der Waals surface area contributed by atoms with Crippen molar-refractivity contribution in [1.29, 1.82) is 0 Å². The van der Waals surface area contributed by atoms with Crippen molar-refractivity contribution >= 4 is 6.09 Å². The number of ether oxygens (including phenoxy) is 1. The second-order valence-electron chi connectivity index (χ2n) is 6.52. The van der Waals surface area contributed by atoms with Gasteiger partial charge >= 0.3 is 12.3 Å². The summed E-state index contributed by atoms with van der Waals surface area (Å²) in [6, 6.07) is -0.262. The number of aliphatic hydroxyl groups is 1. The van der Waals surface area contributed by atoms with Gasteiger partial charge in [-0.1, -0.05) is 6.42 Å². The van der Waals surface area contributed by atoms with Crippen molar-refractivity contribution in [2.24, 2.45) is 17.8 Å². The fourth-order valence-electron chi connectivity index (χ4n) is 4.59. The van der Waals surface area contributed by atoms with Gasteiger partial charge < -0.3 is 9.84 Å². The van der Waals surface area contributed by atoms with Crippen molar-refractivity contribution in [3.8, 4) is 0 Å². The Morgan fingerprint density at radius 3 is 2.71 bits per heavy atom. The van der Waals surface area contributed by atoms with Gasteiger partial charge in [-0.3, -0.25) is 4.90 Å². The summed E-state index contributed by atoms with van der Waals surface area (Å²) in [5.41, 5.74) is 0. The molecule has 3 rings (SSSR count). The molecule has 1 saturated carbocycles. The van der Waals surface area contributed by atoms with Crippen LogP contribution in [0.5, 0.6) is 0 Å². The Kier molecular flexibility index (Phi) is 3.58. The van der Waals surface area contributed by atoms with Gasteiger partial charge in [-0.15, -0.1) is 0 Å². The molecule has 2 saturated heterocycles. The largest absolute Gasteiger partial charge is 0.447 e. The number of cyclic esters (lactones) is 1. The van der Waals surface area contributed by atoms with E-state index >= 15 is 0 Å². The number of hydrogen-bond acceptors (Lipinski definition) is 3. The first-order valence-corrected chi connectivity index (χ1v) is 7.50. The molecule has 6 atom stereocenters. The third-order valence-electron chi connectivity index (χ3n) is 5.52. The number of carbonyl (C=O) groups is 1. The second kappa shape index (κ2) is 5.04. The van der Waals surface area contributed by atoms with Crippen LogP contribution in [-0.4, -0.2) is 47.1 Å². The van der Waals surface area contributed by atoms with Crippen LogP contribution < -0.4 is 0 Å². The lowest BCUT2D eigenvalue weighted by Gasteiger charge is -2.50. The standard InChI is InChI=1S/C14H20F3NO3/c1-7-9-3-2-4-10(12(19)14(15,16)17)11(9)5-8-6-21-13(20)18(7)8/h7-12,19H,2-6H2,1H3/t7-,8+,9+,10+,11+,12+/m0/s1. The topological polar surface area (TPSA) is 49.8 Å². The number of rotatable bonds is 1. The van der Waals surface area contributed by atoms with Gasteiger partial charge in [0, 0.05) is 6.04 Å². The van der Waals surface area contributed by atoms with Crippen molar-refractivity contribution in [3.63, 3.8) is 0 Å². The predicted octanol–water partition coefficient (Wildman–Crippen LogP) is 2.56. The van der Waals surface area contributed by atoms with E-state index in [1.165, 1.54) is 0 Å². The fourth-order valence-corrected chi connectivity index (χ4v) is 4.59. The van der Waals surface area contributed by atoms with Gasteiger partial charge in [-0.2, -0.15) is 13.2 Å². The Balaban J connectivity index is 1.83. The summed E-state index contributed by atoms with van der Waals surface area (Å²) in [6.45, 7) is 2.14. The molecule has 0 aromatic heterocycles. The van der Waals surface area contributed by atoms with Crippen LogP contribution in [0.2, 0.25) is 0 Å². The first-order valence-electron chi connectivity index (χ1n) is 7.50. The predicted molar refractivity (Wildman–Crippen MR) is 67.4 cm³/mol. The maximum absolute atomic E-state index is 12.9. The van der Waals surface area contributed by atoms with Crippen LogP contribution in [0.1, 0.15) is 32.6 Å². The highest BCUT2D eigenvalue weighted by Gasteiger charge is 2.55. The van der Waals surface area contributed by atoms with Gasteiger partial charge in [0.2, 0.25) is 0 Å². The SMILES string of the molecule is C[C@H]1[C@H]2CCC[C@@H]([C@@H](O)C(F)(F)F)[C@@H]2C[C@@H]2COC(=O)N21. The summed E-state index contributed by atoms with van der Waals surface area (Å²) in [6.07, 6.45) is -4.82. The average Bonchev–Trinajstić information content (AvgIpc) is 2.78. The number of alkyl halides is 3. The Labute approximate surface area is 121 Å². The van der Waals surface area contributed by atoms with Crippen molar-refractivity contribution in [2.45, 2.75) is 57.0 Å². The molecule has 0 radical (unpaired) electrons. The Morgan fingerprint density at radius 1 is 1.33 bits per heavy atom. The smallest absolute Gasteiger partial charge is 0.414 e. The van der Waals surface area contributed by atoms with E-state index in [0.717, 1.165) is 6.42 Å². The van der Waals surface area contributed by atoms with Crippen molar-refractivity contribution < 1.29 is 27.8 Å². The fraction of sp³-hybridized carbons (Fsp3) is 0.929. The van der Waals surface area contributed by atoms with Crippen LogP contribution in [0.25, 0.3) is 0 Å². The Hall–Kier alpha value is -0.980. The summed E-state index contributed by atoms with van der Waals surface area (Å²) >= 11 is 0. The van der Waals surface area contributed by atoms with E-state index in [9.17, 15) is 23.1 Å². The van der Waals surface area contributed by atoms with E-state index in [0.29, 0.717) is 19.3 Å². The molecular formula is C14H20F3NO3. The van der Waals surface area contributed by atoms with Crippen LogP contribution in [-0.2, 0) is 4.74 Å². The first kappa shape index (κ1) is 14.9. The molecule has 0 aromatic carbocycles. The van der Waals surface area contributed by atoms with Crippen LogP contribution in [0, 0.1) is 17.8 Å². The Bertz CT molecular complexity index is 428. The average molecular weight is 307 g/mol. The number of amides is 1. The van der Waals surface area contributed by atoms with Crippen LogP contribution in [0.3, 0.4) is 0 Å². The number of fused-ring (bicyclic) bond motifs is 2. The number of aliphatic hydroxyl groups excluding tert-OH is 1. The molecule has 120 valence electrons. The minimum atomic E-state index is -4.57. The summed E-state index contributed by atoms with van der Waals surface area (Å²) in [4.78, 5) is 13.4. The van der Waals surface area contributed by atoms with E-state index in [1.807, 2.05) is 6.92 Å². The van der Waals surface area contributed by atoms with E-state index in [2.05, 4.69) is 0 Å². The van der Waals surface area contributed by atoms with E-state index in [-0.39, 0.29) is 36.6 Å². The highest BCUT2D eigenvalue weighted by Crippen LogP contribution is 2.49. The zero-order valence-electron chi connectivity index (χ0n) is 11.8. The van der Waals surface area contributed by atoms with Gasteiger partial charge in [-0.25, -0.2) is 4.79 Å². The second-order valence-corrected chi connectivity index (χ2v) is 6.52. The molecule has 3 aliphatic rings. The molecular weight excluding hydrogens is 287 g/mol. The summed E-state index contributed by atoms with van der Waals surface area (Å²) < 4.78 is 43.7. The van der Waals surface area contributed by atoms with E-state index in [1.54, 1.807) is 4.90 Å². The monoisotopic (exact) mass is 307 g/mol. The lowest BCUT2D eigenvalue weighted by Crippen LogP contribution is -2.57. The lowest BCUT2D eigenvalue weighted by atomic mass is 9.63. The Morgan fingerprint density at radius 2 is 2.05 bits per heavy atom. The normalized spacial score (nSPS) is 41.3. The maximum Gasteiger partial charge on any atom is 0.414 e. The maximum atomic E-state index is 12.9. The molecule has 4 nitrogen and oxygen atoms in total. The number of hydrogen-bond donors (Lipinski definition) is 1. The summed E-state index contributed by atoms with van der Waals surface area (Å²) in [7, 11) is 0. The molecule has 3 fully saturated rings. The molecule has 7 heteroatoms. The third-order valence-corrected chi connectivity index (χ3v) is 5.52. The highest BCUT2D eigenvalue weighted by atomic mass is 19.4. The first-order chi connectivity index (χ1) is 9.80. The van der Waals surface area contributed by atoms with Gasteiger partial charge in [0.05, 0.1) is 6.04 Å². The van der Waals surface area contributed by atoms with Gasteiger partial charge in [0.25, 0.3) is 0 Å². The zero-order chi connectivity index (χ0) is 15.4. The summed E-state index contributed by atoms with van der Waals surface area (Å²) in [5, 5.41) is 9.69. The van der Waals surface area contributed by atoms with E-state index in [4.69, 9.17) is 4.74 Å². The van der Waals surface area contributed by atoms with Gasteiger partial charge in [0.1, 0.15) is 6.61 Å². The van der Waals surface area contributed by atoms with Gasteiger partial charge in [0.15, 0.2) is 6.10 Å². The number of halogens is 3. The minimum Gasteiger partial charge on any atom is -0.447 e.